The minimum atomic E-state index is 0.480. The largest absolute Gasteiger partial charge is 0.328 e. The highest BCUT2D eigenvalue weighted by atomic mass is 15.2. The Morgan fingerprint density at radius 1 is 1.13 bits per heavy atom. The molecule has 0 amide bonds. The quantitative estimate of drug-likeness (QED) is 0.756. The molecule has 0 bridgehead atoms. The highest BCUT2D eigenvalue weighted by Gasteiger charge is 2.39. The van der Waals surface area contributed by atoms with Crippen LogP contribution in [0, 0.1) is 17.3 Å². The van der Waals surface area contributed by atoms with Crippen LogP contribution in [0.25, 0.3) is 0 Å². The summed E-state index contributed by atoms with van der Waals surface area (Å²) in [6.07, 6.45) is 3.87. The molecule has 2 aliphatic rings. The molecule has 1 heterocycles. The Bertz CT molecular complexity index is 205. The highest BCUT2D eigenvalue weighted by molar-refractivity contribution is 4.93. The van der Waals surface area contributed by atoms with Crippen LogP contribution in [-0.4, -0.2) is 30.6 Å². The van der Waals surface area contributed by atoms with Gasteiger partial charge in [0.15, 0.2) is 0 Å². The van der Waals surface area contributed by atoms with Gasteiger partial charge in [0.05, 0.1) is 0 Å². The molecule has 2 rings (SSSR count). The van der Waals surface area contributed by atoms with Gasteiger partial charge >= 0.3 is 0 Å². The SMILES string of the molecule is CC(C)(C)CCN1CC2C[C@@H](N)C[C@@H]2C1. The predicted molar refractivity (Wildman–Crippen MR) is 64.7 cm³/mol. The van der Waals surface area contributed by atoms with Crippen molar-refractivity contribution < 1.29 is 0 Å². The molecule has 0 radical (unpaired) electrons. The number of likely N-dealkylation sites (tertiary alicyclic amines) is 1. The summed E-state index contributed by atoms with van der Waals surface area (Å²) in [6.45, 7) is 10.9. The van der Waals surface area contributed by atoms with Crippen molar-refractivity contribution in [2.24, 2.45) is 23.0 Å². The Hall–Kier alpha value is -0.0800. The first-order valence-electron chi connectivity index (χ1n) is 6.42. The lowest BCUT2D eigenvalue weighted by molar-refractivity contribution is 0.249. The normalized spacial score (nSPS) is 37.2. The lowest BCUT2D eigenvalue weighted by Crippen LogP contribution is -2.28. The Kier molecular flexibility index (Phi) is 3.09. The molecule has 1 unspecified atom stereocenters. The molecule has 0 aromatic rings. The molecular formula is C13H26N2. The molecule has 1 aliphatic heterocycles. The van der Waals surface area contributed by atoms with Crippen molar-refractivity contribution >= 4 is 0 Å². The summed E-state index contributed by atoms with van der Waals surface area (Å²) in [6, 6.07) is 0.504. The van der Waals surface area contributed by atoms with Crippen molar-refractivity contribution in [3.63, 3.8) is 0 Å². The second-order valence-corrected chi connectivity index (χ2v) is 6.82. The fourth-order valence-electron chi connectivity index (χ4n) is 3.12. The molecule has 2 nitrogen and oxygen atoms in total. The third kappa shape index (κ3) is 2.94. The van der Waals surface area contributed by atoms with Crippen LogP contribution in [0.5, 0.6) is 0 Å². The molecule has 2 fully saturated rings. The zero-order valence-corrected chi connectivity index (χ0v) is 10.5. The number of hydrogen-bond donors (Lipinski definition) is 1. The van der Waals surface area contributed by atoms with E-state index in [9.17, 15) is 0 Å². The van der Waals surface area contributed by atoms with Gasteiger partial charge in [-0.3, -0.25) is 0 Å². The second kappa shape index (κ2) is 4.06. The third-order valence-electron chi connectivity index (χ3n) is 4.04. The molecular weight excluding hydrogens is 184 g/mol. The van der Waals surface area contributed by atoms with Gasteiger partial charge in [0, 0.05) is 19.1 Å². The van der Waals surface area contributed by atoms with E-state index in [-0.39, 0.29) is 0 Å². The van der Waals surface area contributed by atoms with E-state index < -0.39 is 0 Å². The van der Waals surface area contributed by atoms with Crippen molar-refractivity contribution in [2.75, 3.05) is 19.6 Å². The average molecular weight is 210 g/mol. The maximum absolute atomic E-state index is 6.00. The van der Waals surface area contributed by atoms with Gasteiger partial charge in [-0.1, -0.05) is 20.8 Å². The fourth-order valence-corrected chi connectivity index (χ4v) is 3.12. The molecule has 88 valence electrons. The van der Waals surface area contributed by atoms with Crippen LogP contribution in [0.3, 0.4) is 0 Å². The zero-order valence-electron chi connectivity index (χ0n) is 10.5. The van der Waals surface area contributed by atoms with E-state index in [1.807, 2.05) is 0 Å². The molecule has 1 saturated carbocycles. The van der Waals surface area contributed by atoms with Crippen LogP contribution in [0.1, 0.15) is 40.0 Å². The molecule has 0 spiro atoms. The van der Waals surface area contributed by atoms with E-state index >= 15 is 0 Å². The summed E-state index contributed by atoms with van der Waals surface area (Å²) in [5.74, 6) is 1.83. The van der Waals surface area contributed by atoms with Crippen LogP contribution < -0.4 is 5.73 Å². The van der Waals surface area contributed by atoms with Crippen molar-refractivity contribution in [1.82, 2.24) is 4.90 Å². The van der Waals surface area contributed by atoms with E-state index in [4.69, 9.17) is 5.73 Å². The van der Waals surface area contributed by atoms with E-state index in [0.29, 0.717) is 11.5 Å². The van der Waals surface area contributed by atoms with Crippen molar-refractivity contribution in [1.29, 1.82) is 0 Å². The standard InChI is InChI=1S/C13H26N2/c1-13(2,3)4-5-15-8-10-6-12(14)7-11(10)9-15/h10-12H,4-9,14H2,1-3H3/t10-,11?,12+/m1/s1. The molecule has 0 aromatic carbocycles. The highest BCUT2D eigenvalue weighted by Crippen LogP contribution is 2.37. The van der Waals surface area contributed by atoms with Gasteiger partial charge in [-0.05, 0) is 43.1 Å². The van der Waals surface area contributed by atoms with Crippen LogP contribution >= 0.6 is 0 Å². The number of hydrogen-bond acceptors (Lipinski definition) is 2. The fraction of sp³-hybridized carbons (Fsp3) is 1.00. The van der Waals surface area contributed by atoms with Crippen LogP contribution in [0.15, 0.2) is 0 Å². The average Bonchev–Trinajstić information content (AvgIpc) is 2.55. The predicted octanol–water partition coefficient (Wildman–Crippen LogP) is 2.09. The number of nitrogens with zero attached hydrogens (tertiary/aromatic N) is 1. The van der Waals surface area contributed by atoms with Gasteiger partial charge in [-0.2, -0.15) is 0 Å². The van der Waals surface area contributed by atoms with E-state index in [2.05, 4.69) is 25.7 Å². The Balaban J connectivity index is 1.75. The van der Waals surface area contributed by atoms with Gasteiger partial charge in [-0.25, -0.2) is 0 Å². The summed E-state index contributed by atoms with van der Waals surface area (Å²) >= 11 is 0. The van der Waals surface area contributed by atoms with Crippen LogP contribution in [-0.2, 0) is 0 Å². The van der Waals surface area contributed by atoms with Gasteiger partial charge in [0.25, 0.3) is 0 Å². The molecule has 1 saturated heterocycles. The number of nitrogens with two attached hydrogens (primary N) is 1. The van der Waals surface area contributed by atoms with Gasteiger partial charge < -0.3 is 10.6 Å². The van der Waals surface area contributed by atoms with E-state index in [1.54, 1.807) is 0 Å². The van der Waals surface area contributed by atoms with Crippen molar-refractivity contribution in [3.05, 3.63) is 0 Å². The van der Waals surface area contributed by atoms with E-state index in [0.717, 1.165) is 11.8 Å². The zero-order chi connectivity index (χ0) is 11.1. The first kappa shape index (κ1) is 11.4. The summed E-state index contributed by atoms with van der Waals surface area (Å²) in [5.41, 5.74) is 6.48. The minimum Gasteiger partial charge on any atom is -0.328 e. The number of fused-ring (bicyclic) bond motifs is 1. The lowest BCUT2D eigenvalue weighted by Gasteiger charge is -2.24. The molecule has 0 aromatic heterocycles. The van der Waals surface area contributed by atoms with E-state index in [1.165, 1.54) is 38.9 Å². The monoisotopic (exact) mass is 210 g/mol. The van der Waals surface area contributed by atoms with Crippen LogP contribution in [0.2, 0.25) is 0 Å². The molecule has 2 N–H and O–H groups in total. The molecule has 1 aliphatic carbocycles. The Labute approximate surface area is 94.2 Å². The third-order valence-corrected chi connectivity index (χ3v) is 4.04. The van der Waals surface area contributed by atoms with Gasteiger partial charge in [0.1, 0.15) is 0 Å². The van der Waals surface area contributed by atoms with Gasteiger partial charge in [0.2, 0.25) is 0 Å². The Morgan fingerprint density at radius 3 is 2.13 bits per heavy atom. The first-order valence-corrected chi connectivity index (χ1v) is 6.42. The second-order valence-electron chi connectivity index (χ2n) is 6.82. The summed E-state index contributed by atoms with van der Waals surface area (Å²) < 4.78 is 0. The topological polar surface area (TPSA) is 29.3 Å². The summed E-state index contributed by atoms with van der Waals surface area (Å²) in [7, 11) is 0. The molecule has 2 heteroatoms. The van der Waals surface area contributed by atoms with Crippen molar-refractivity contribution in [3.8, 4) is 0 Å². The van der Waals surface area contributed by atoms with Gasteiger partial charge in [-0.15, -0.1) is 0 Å². The van der Waals surface area contributed by atoms with Crippen molar-refractivity contribution in [2.45, 2.75) is 46.1 Å². The minimum absolute atomic E-state index is 0.480. The maximum Gasteiger partial charge on any atom is 0.00452 e. The Morgan fingerprint density at radius 2 is 1.67 bits per heavy atom. The lowest BCUT2D eigenvalue weighted by atomic mass is 9.92. The first-order chi connectivity index (χ1) is 6.94. The summed E-state index contributed by atoms with van der Waals surface area (Å²) in [5, 5.41) is 0. The summed E-state index contributed by atoms with van der Waals surface area (Å²) in [4.78, 5) is 2.66. The molecule has 15 heavy (non-hydrogen) atoms. The number of rotatable bonds is 2. The van der Waals surface area contributed by atoms with Crippen LogP contribution in [0.4, 0.5) is 0 Å². The molecule has 3 atom stereocenters. The smallest absolute Gasteiger partial charge is 0.00452 e. The maximum atomic E-state index is 6.00.